The lowest BCUT2D eigenvalue weighted by molar-refractivity contribution is -0.131. The fourth-order valence-corrected chi connectivity index (χ4v) is 3.09. The average Bonchev–Trinajstić information content (AvgIpc) is 2.88. The fourth-order valence-electron chi connectivity index (χ4n) is 1.43. The molecular weight excluding hydrogens is 285 g/mol. The number of rotatable bonds is 5. The van der Waals surface area contributed by atoms with Crippen molar-refractivity contribution in [2.45, 2.75) is 10.1 Å². The van der Waals surface area contributed by atoms with Gasteiger partial charge < -0.3 is 5.11 Å². The highest BCUT2D eigenvalue weighted by atomic mass is 32.2. The van der Waals surface area contributed by atoms with Crippen LogP contribution in [-0.4, -0.2) is 16.1 Å². The normalized spacial score (nSPS) is 11.0. The van der Waals surface area contributed by atoms with Crippen LogP contribution in [-0.2, 0) is 10.5 Å². The highest BCUT2D eigenvalue weighted by Gasteiger charge is 2.04. The molecule has 2 aromatic rings. The molecule has 0 amide bonds. The largest absolute Gasteiger partial charge is 0.478 e. The summed E-state index contributed by atoms with van der Waals surface area (Å²) in [5.41, 5.74) is 1.45. The first-order chi connectivity index (χ1) is 9.15. The molecule has 2 rings (SSSR count). The molecule has 0 aliphatic heterocycles. The van der Waals surface area contributed by atoms with Gasteiger partial charge in [0.2, 0.25) is 0 Å². The Kier molecular flexibility index (Phi) is 4.70. The second kappa shape index (κ2) is 6.49. The van der Waals surface area contributed by atoms with Crippen molar-refractivity contribution in [3.63, 3.8) is 0 Å². The topological polar surface area (TPSA) is 50.2 Å². The molecular formula is C13H10FNO2S2. The summed E-state index contributed by atoms with van der Waals surface area (Å²) in [5.74, 6) is -0.816. The van der Waals surface area contributed by atoms with E-state index in [1.165, 1.54) is 41.3 Å². The minimum absolute atomic E-state index is 0.381. The molecule has 0 saturated heterocycles. The molecule has 1 aromatic heterocycles. The van der Waals surface area contributed by atoms with E-state index in [1.54, 1.807) is 12.3 Å². The number of nitrogens with zero attached hydrogens (tertiary/aromatic N) is 1. The molecule has 0 spiro atoms. The van der Waals surface area contributed by atoms with Crippen LogP contribution in [0.2, 0.25) is 0 Å². The number of carboxylic acids is 1. The average molecular weight is 295 g/mol. The van der Waals surface area contributed by atoms with Gasteiger partial charge in [0.1, 0.15) is 10.2 Å². The SMILES string of the molecule is O=C(O)/C=C/c1cc(F)ccc1CSc1nccs1. The van der Waals surface area contributed by atoms with Crippen LogP contribution in [0.4, 0.5) is 4.39 Å². The van der Waals surface area contributed by atoms with Crippen molar-refractivity contribution < 1.29 is 14.3 Å². The molecule has 0 aliphatic rings. The van der Waals surface area contributed by atoms with Crippen LogP contribution >= 0.6 is 23.1 Å². The highest BCUT2D eigenvalue weighted by molar-refractivity contribution is 8.00. The van der Waals surface area contributed by atoms with Crippen molar-refractivity contribution in [2.24, 2.45) is 0 Å². The van der Waals surface area contributed by atoms with Crippen LogP contribution in [0.1, 0.15) is 11.1 Å². The van der Waals surface area contributed by atoms with Crippen LogP contribution in [0.5, 0.6) is 0 Å². The summed E-state index contributed by atoms with van der Waals surface area (Å²) in [7, 11) is 0. The first kappa shape index (κ1) is 13.8. The molecule has 0 atom stereocenters. The lowest BCUT2D eigenvalue weighted by atomic mass is 10.1. The predicted molar refractivity (Wildman–Crippen MR) is 74.7 cm³/mol. The number of aliphatic carboxylic acids is 1. The summed E-state index contributed by atoms with van der Waals surface area (Å²) in [6.45, 7) is 0. The standard InChI is InChI=1S/C13H10FNO2S2/c14-11-3-1-10(8-19-13-15-5-6-18-13)9(7-11)2-4-12(16)17/h1-7H,8H2,(H,16,17)/b4-2+. The Hall–Kier alpha value is -1.66. The maximum absolute atomic E-state index is 13.2. The van der Waals surface area contributed by atoms with Gasteiger partial charge in [-0.25, -0.2) is 14.2 Å². The van der Waals surface area contributed by atoms with E-state index in [1.807, 2.05) is 5.38 Å². The van der Waals surface area contributed by atoms with Gasteiger partial charge in [-0.3, -0.25) is 0 Å². The van der Waals surface area contributed by atoms with E-state index in [9.17, 15) is 9.18 Å². The monoisotopic (exact) mass is 295 g/mol. The maximum atomic E-state index is 13.2. The highest BCUT2D eigenvalue weighted by Crippen LogP contribution is 2.26. The van der Waals surface area contributed by atoms with Crippen molar-refractivity contribution in [3.8, 4) is 0 Å². The van der Waals surface area contributed by atoms with E-state index >= 15 is 0 Å². The molecule has 0 bridgehead atoms. The molecule has 1 aromatic carbocycles. The number of carboxylic acid groups (broad SMARTS) is 1. The van der Waals surface area contributed by atoms with Gasteiger partial charge in [0, 0.05) is 23.4 Å². The third-order valence-corrected chi connectivity index (χ3v) is 4.29. The van der Waals surface area contributed by atoms with Crippen molar-refractivity contribution >= 4 is 35.1 Å². The Balaban J connectivity index is 2.16. The Bertz CT molecular complexity index is 597. The molecule has 0 saturated carbocycles. The summed E-state index contributed by atoms with van der Waals surface area (Å²) in [6, 6.07) is 4.37. The number of halogens is 1. The van der Waals surface area contributed by atoms with Gasteiger partial charge >= 0.3 is 5.97 Å². The van der Waals surface area contributed by atoms with Gasteiger partial charge in [-0.2, -0.15) is 0 Å². The molecule has 6 heteroatoms. The number of aromatic nitrogens is 1. The number of thioether (sulfide) groups is 1. The van der Waals surface area contributed by atoms with Gasteiger partial charge in [0.15, 0.2) is 0 Å². The number of hydrogen-bond acceptors (Lipinski definition) is 4. The lowest BCUT2D eigenvalue weighted by Gasteiger charge is -2.04. The molecule has 19 heavy (non-hydrogen) atoms. The molecule has 0 fully saturated rings. The van der Waals surface area contributed by atoms with Gasteiger partial charge in [0.25, 0.3) is 0 Å². The van der Waals surface area contributed by atoms with Crippen molar-refractivity contribution in [2.75, 3.05) is 0 Å². The predicted octanol–water partition coefficient (Wildman–Crippen LogP) is 3.67. The van der Waals surface area contributed by atoms with Gasteiger partial charge in [-0.05, 0) is 29.3 Å². The Morgan fingerprint density at radius 1 is 1.53 bits per heavy atom. The zero-order chi connectivity index (χ0) is 13.7. The molecule has 0 aliphatic carbocycles. The van der Waals surface area contributed by atoms with Crippen LogP contribution in [0.25, 0.3) is 6.08 Å². The zero-order valence-corrected chi connectivity index (χ0v) is 11.4. The summed E-state index contributed by atoms with van der Waals surface area (Å²) in [4.78, 5) is 14.7. The van der Waals surface area contributed by atoms with Crippen molar-refractivity contribution in [3.05, 3.63) is 52.8 Å². The van der Waals surface area contributed by atoms with Gasteiger partial charge in [0.05, 0.1) is 0 Å². The number of carbonyl (C=O) groups is 1. The van der Waals surface area contributed by atoms with Gasteiger partial charge in [-0.15, -0.1) is 11.3 Å². The number of thiazole rings is 1. The molecule has 3 nitrogen and oxygen atoms in total. The zero-order valence-electron chi connectivity index (χ0n) is 9.75. The third-order valence-electron chi connectivity index (χ3n) is 2.27. The first-order valence-electron chi connectivity index (χ1n) is 5.37. The number of benzene rings is 1. The van der Waals surface area contributed by atoms with E-state index in [0.29, 0.717) is 11.3 Å². The van der Waals surface area contributed by atoms with E-state index in [4.69, 9.17) is 5.11 Å². The molecule has 0 unspecified atom stereocenters. The quantitative estimate of drug-likeness (QED) is 0.675. The second-order valence-corrected chi connectivity index (χ2v) is 5.72. The summed E-state index contributed by atoms with van der Waals surface area (Å²) < 4.78 is 14.1. The van der Waals surface area contributed by atoms with E-state index in [0.717, 1.165) is 16.0 Å². The van der Waals surface area contributed by atoms with Crippen LogP contribution in [0, 0.1) is 5.82 Å². The maximum Gasteiger partial charge on any atom is 0.328 e. The summed E-state index contributed by atoms with van der Waals surface area (Å²) in [6.07, 6.45) is 4.14. The third kappa shape index (κ3) is 4.18. The molecule has 1 heterocycles. The molecule has 98 valence electrons. The Labute approximate surface area is 117 Å². The fraction of sp³-hybridized carbons (Fsp3) is 0.0769. The smallest absolute Gasteiger partial charge is 0.328 e. The van der Waals surface area contributed by atoms with Crippen molar-refractivity contribution in [1.82, 2.24) is 4.98 Å². The minimum Gasteiger partial charge on any atom is -0.478 e. The van der Waals surface area contributed by atoms with Crippen LogP contribution < -0.4 is 0 Å². The lowest BCUT2D eigenvalue weighted by Crippen LogP contribution is -1.91. The molecule has 0 radical (unpaired) electrons. The first-order valence-corrected chi connectivity index (χ1v) is 7.23. The molecule has 1 N–H and O–H groups in total. The van der Waals surface area contributed by atoms with E-state index in [2.05, 4.69) is 4.98 Å². The van der Waals surface area contributed by atoms with Gasteiger partial charge in [-0.1, -0.05) is 17.8 Å². The second-order valence-electron chi connectivity index (χ2n) is 3.60. The Morgan fingerprint density at radius 2 is 2.37 bits per heavy atom. The van der Waals surface area contributed by atoms with Crippen LogP contribution in [0.3, 0.4) is 0 Å². The van der Waals surface area contributed by atoms with Crippen LogP contribution in [0.15, 0.2) is 40.2 Å². The van der Waals surface area contributed by atoms with E-state index < -0.39 is 5.97 Å². The summed E-state index contributed by atoms with van der Waals surface area (Å²) in [5, 5.41) is 10.5. The van der Waals surface area contributed by atoms with Crippen molar-refractivity contribution in [1.29, 1.82) is 0 Å². The van der Waals surface area contributed by atoms with E-state index in [-0.39, 0.29) is 5.82 Å². The summed E-state index contributed by atoms with van der Waals surface area (Å²) >= 11 is 3.07. The Morgan fingerprint density at radius 3 is 3.05 bits per heavy atom. The number of hydrogen-bond donors (Lipinski definition) is 1. The minimum atomic E-state index is -1.05.